The molecule has 7 heteroatoms. The summed E-state index contributed by atoms with van der Waals surface area (Å²) in [5.41, 5.74) is 0. The van der Waals surface area contributed by atoms with Crippen molar-refractivity contribution < 1.29 is 20.1 Å². The highest BCUT2D eigenvalue weighted by atomic mass is 16.6. The SMILES string of the molecule is OC[C@H]1O[C@H](n2ccnn2)C(O)[C@H]1O. The monoisotopic (exact) mass is 201 g/mol. The Morgan fingerprint density at radius 3 is 2.64 bits per heavy atom. The first kappa shape index (κ1) is 9.53. The Morgan fingerprint density at radius 1 is 1.36 bits per heavy atom. The maximum Gasteiger partial charge on any atom is 0.180 e. The van der Waals surface area contributed by atoms with Crippen LogP contribution in [0.3, 0.4) is 0 Å². The van der Waals surface area contributed by atoms with E-state index >= 15 is 0 Å². The third kappa shape index (κ3) is 1.40. The predicted molar refractivity (Wildman–Crippen MR) is 43.0 cm³/mol. The Bertz CT molecular complexity index is 291. The second kappa shape index (κ2) is 3.62. The molecule has 0 spiro atoms. The van der Waals surface area contributed by atoms with Crippen LogP contribution in [-0.2, 0) is 4.74 Å². The molecule has 4 atom stereocenters. The van der Waals surface area contributed by atoms with Crippen LogP contribution in [0.1, 0.15) is 6.23 Å². The van der Waals surface area contributed by atoms with Gasteiger partial charge in [-0.2, -0.15) is 0 Å². The summed E-state index contributed by atoms with van der Waals surface area (Å²) in [5.74, 6) is 0. The minimum absolute atomic E-state index is 0.344. The van der Waals surface area contributed by atoms with Crippen LogP contribution in [0.4, 0.5) is 0 Å². The van der Waals surface area contributed by atoms with Gasteiger partial charge in [0.2, 0.25) is 0 Å². The fourth-order valence-electron chi connectivity index (χ4n) is 1.45. The van der Waals surface area contributed by atoms with E-state index in [1.54, 1.807) is 0 Å². The van der Waals surface area contributed by atoms with Crippen LogP contribution in [0.2, 0.25) is 0 Å². The topological polar surface area (TPSA) is 101 Å². The fourth-order valence-corrected chi connectivity index (χ4v) is 1.45. The van der Waals surface area contributed by atoms with Crippen LogP contribution >= 0.6 is 0 Å². The first-order valence-electron chi connectivity index (χ1n) is 4.22. The quantitative estimate of drug-likeness (QED) is 0.506. The number of nitrogens with zero attached hydrogens (tertiary/aromatic N) is 3. The van der Waals surface area contributed by atoms with E-state index in [0.29, 0.717) is 0 Å². The molecule has 7 nitrogen and oxygen atoms in total. The average Bonchev–Trinajstić information content (AvgIpc) is 2.78. The van der Waals surface area contributed by atoms with Gasteiger partial charge < -0.3 is 20.1 Å². The fraction of sp³-hybridized carbons (Fsp3) is 0.714. The van der Waals surface area contributed by atoms with Crippen molar-refractivity contribution >= 4 is 0 Å². The number of rotatable bonds is 2. The van der Waals surface area contributed by atoms with Crippen molar-refractivity contribution in [3.8, 4) is 0 Å². The summed E-state index contributed by atoms with van der Waals surface area (Å²) < 4.78 is 6.49. The molecule has 1 aromatic heterocycles. The zero-order valence-corrected chi connectivity index (χ0v) is 7.26. The summed E-state index contributed by atoms with van der Waals surface area (Å²) in [7, 11) is 0. The van der Waals surface area contributed by atoms with E-state index in [1.165, 1.54) is 17.1 Å². The maximum absolute atomic E-state index is 9.56. The molecule has 1 aliphatic heterocycles. The van der Waals surface area contributed by atoms with E-state index in [4.69, 9.17) is 9.84 Å². The summed E-state index contributed by atoms with van der Waals surface area (Å²) in [6, 6.07) is 0. The van der Waals surface area contributed by atoms with Gasteiger partial charge in [0.1, 0.15) is 18.3 Å². The Morgan fingerprint density at radius 2 is 2.14 bits per heavy atom. The van der Waals surface area contributed by atoms with Gasteiger partial charge in [-0.1, -0.05) is 5.21 Å². The Hall–Kier alpha value is -1.02. The van der Waals surface area contributed by atoms with Crippen molar-refractivity contribution in [1.82, 2.24) is 15.0 Å². The van der Waals surface area contributed by atoms with Crippen LogP contribution in [0, 0.1) is 0 Å². The molecule has 3 N–H and O–H groups in total. The molecule has 0 radical (unpaired) electrons. The molecule has 14 heavy (non-hydrogen) atoms. The number of hydrogen-bond acceptors (Lipinski definition) is 6. The van der Waals surface area contributed by atoms with Crippen LogP contribution in [0.25, 0.3) is 0 Å². The van der Waals surface area contributed by atoms with Gasteiger partial charge in [0.05, 0.1) is 12.8 Å². The van der Waals surface area contributed by atoms with E-state index in [1.807, 2.05) is 0 Å². The summed E-state index contributed by atoms with van der Waals surface area (Å²) in [6.07, 6.45) is -0.818. The molecule has 1 unspecified atom stereocenters. The molecule has 1 aromatic rings. The highest BCUT2D eigenvalue weighted by Gasteiger charge is 2.43. The second-order valence-electron chi connectivity index (χ2n) is 3.11. The Kier molecular flexibility index (Phi) is 2.46. The van der Waals surface area contributed by atoms with Gasteiger partial charge in [0.15, 0.2) is 6.23 Å². The summed E-state index contributed by atoms with van der Waals surface area (Å²) in [5, 5.41) is 35.0. The summed E-state index contributed by atoms with van der Waals surface area (Å²) >= 11 is 0. The molecule has 1 saturated heterocycles. The number of aliphatic hydroxyl groups is 3. The molecule has 0 aromatic carbocycles. The van der Waals surface area contributed by atoms with Crippen LogP contribution in [-0.4, -0.2) is 55.2 Å². The second-order valence-corrected chi connectivity index (χ2v) is 3.11. The molecule has 1 aliphatic rings. The molecule has 2 rings (SSSR count). The third-order valence-electron chi connectivity index (χ3n) is 2.22. The van der Waals surface area contributed by atoms with E-state index in [9.17, 15) is 10.2 Å². The number of aromatic nitrogens is 3. The molecular formula is C7H11N3O4. The highest BCUT2D eigenvalue weighted by Crippen LogP contribution is 2.27. The summed E-state index contributed by atoms with van der Waals surface area (Å²) in [6.45, 7) is -0.344. The normalized spacial score (nSPS) is 37.6. The lowest BCUT2D eigenvalue weighted by Crippen LogP contribution is -2.33. The minimum atomic E-state index is -1.10. The van der Waals surface area contributed by atoms with E-state index < -0.39 is 24.5 Å². The van der Waals surface area contributed by atoms with Gasteiger partial charge in [0, 0.05) is 6.20 Å². The Labute approximate surface area is 79.5 Å². The minimum Gasteiger partial charge on any atom is -0.394 e. The molecule has 2 heterocycles. The van der Waals surface area contributed by atoms with Crippen molar-refractivity contribution in [2.24, 2.45) is 0 Å². The first-order chi connectivity index (χ1) is 6.74. The first-order valence-corrected chi connectivity index (χ1v) is 4.22. The van der Waals surface area contributed by atoms with E-state index in [-0.39, 0.29) is 6.61 Å². The Balaban J connectivity index is 2.16. The lowest BCUT2D eigenvalue weighted by Gasteiger charge is -2.13. The highest BCUT2D eigenvalue weighted by molar-refractivity contribution is 4.88. The lowest BCUT2D eigenvalue weighted by atomic mass is 10.1. The average molecular weight is 201 g/mol. The molecule has 0 amide bonds. The molecule has 0 saturated carbocycles. The number of ether oxygens (including phenoxy) is 1. The van der Waals surface area contributed by atoms with Crippen molar-refractivity contribution in [3.05, 3.63) is 12.4 Å². The van der Waals surface area contributed by atoms with Gasteiger partial charge in [-0.05, 0) is 0 Å². The molecule has 0 bridgehead atoms. The smallest absolute Gasteiger partial charge is 0.180 e. The number of aliphatic hydroxyl groups excluding tert-OH is 3. The van der Waals surface area contributed by atoms with Gasteiger partial charge >= 0.3 is 0 Å². The lowest BCUT2D eigenvalue weighted by molar-refractivity contribution is -0.0594. The molecule has 1 fully saturated rings. The zero-order chi connectivity index (χ0) is 10.1. The molecule has 0 aliphatic carbocycles. The van der Waals surface area contributed by atoms with Gasteiger partial charge in [-0.15, -0.1) is 5.10 Å². The van der Waals surface area contributed by atoms with Crippen molar-refractivity contribution in [2.45, 2.75) is 24.5 Å². The van der Waals surface area contributed by atoms with Gasteiger partial charge in [-0.25, -0.2) is 4.68 Å². The predicted octanol–water partition coefficient (Wildman–Crippen LogP) is -2.11. The van der Waals surface area contributed by atoms with Gasteiger partial charge in [0.25, 0.3) is 0 Å². The third-order valence-corrected chi connectivity index (χ3v) is 2.22. The van der Waals surface area contributed by atoms with Gasteiger partial charge in [-0.3, -0.25) is 0 Å². The largest absolute Gasteiger partial charge is 0.394 e. The zero-order valence-electron chi connectivity index (χ0n) is 7.26. The van der Waals surface area contributed by atoms with Crippen molar-refractivity contribution in [3.63, 3.8) is 0 Å². The summed E-state index contributed by atoms with van der Waals surface area (Å²) in [4.78, 5) is 0. The van der Waals surface area contributed by atoms with E-state index in [0.717, 1.165) is 0 Å². The van der Waals surface area contributed by atoms with Crippen molar-refractivity contribution in [2.75, 3.05) is 6.61 Å². The molecule has 78 valence electrons. The number of hydrogen-bond donors (Lipinski definition) is 3. The van der Waals surface area contributed by atoms with E-state index in [2.05, 4.69) is 10.3 Å². The van der Waals surface area contributed by atoms with Crippen LogP contribution in [0.15, 0.2) is 12.4 Å². The van der Waals surface area contributed by atoms with Crippen molar-refractivity contribution in [1.29, 1.82) is 0 Å². The molecular weight excluding hydrogens is 190 g/mol. The van der Waals surface area contributed by atoms with Crippen LogP contribution in [0.5, 0.6) is 0 Å². The standard InChI is InChI=1S/C7H11N3O4/c11-3-4-5(12)6(13)7(14-4)10-2-1-8-9-10/h1-2,4-7,11-13H,3H2/t4-,5+,6?,7+/m1/s1. The van der Waals surface area contributed by atoms with Crippen LogP contribution < -0.4 is 0 Å². The maximum atomic E-state index is 9.56.